The third-order valence-corrected chi connectivity index (χ3v) is 4.61. The fourth-order valence-electron chi connectivity index (χ4n) is 3.05. The van der Waals surface area contributed by atoms with Gasteiger partial charge in [-0.2, -0.15) is 5.10 Å². The quantitative estimate of drug-likeness (QED) is 0.925. The summed E-state index contributed by atoms with van der Waals surface area (Å²) in [6, 6.07) is 5.62. The summed E-state index contributed by atoms with van der Waals surface area (Å²) in [6.07, 6.45) is 0.281. The zero-order chi connectivity index (χ0) is 16.6. The molecule has 23 heavy (non-hydrogen) atoms. The smallest absolute Gasteiger partial charge is 0.225 e. The van der Waals surface area contributed by atoms with E-state index < -0.39 is 0 Å². The number of carbonyl (C=O) groups excluding carboxylic acids is 2. The van der Waals surface area contributed by atoms with Crippen LogP contribution in [0.5, 0.6) is 0 Å². The maximum atomic E-state index is 12.3. The number of rotatable bonds is 4. The van der Waals surface area contributed by atoms with Crippen LogP contribution in [-0.4, -0.2) is 39.6 Å². The molecule has 2 amide bonds. The average Bonchev–Trinajstić information content (AvgIpc) is 3.06. The van der Waals surface area contributed by atoms with E-state index in [4.69, 9.17) is 11.6 Å². The number of fused-ring (bicyclic) bond motifs is 1. The van der Waals surface area contributed by atoms with Crippen LogP contribution in [0.4, 0.5) is 0 Å². The predicted octanol–water partition coefficient (Wildman–Crippen LogP) is 1.71. The van der Waals surface area contributed by atoms with E-state index in [0.29, 0.717) is 24.7 Å². The summed E-state index contributed by atoms with van der Waals surface area (Å²) in [6.45, 7) is 3.35. The number of benzene rings is 1. The van der Waals surface area contributed by atoms with Gasteiger partial charge >= 0.3 is 0 Å². The van der Waals surface area contributed by atoms with Crippen LogP contribution in [-0.2, 0) is 23.2 Å². The van der Waals surface area contributed by atoms with Crippen LogP contribution in [0.2, 0.25) is 5.02 Å². The molecule has 1 aliphatic rings. The number of hydrogen-bond donors (Lipinski definition) is 1. The van der Waals surface area contributed by atoms with E-state index in [1.807, 2.05) is 32.2 Å². The maximum Gasteiger partial charge on any atom is 0.225 e. The lowest BCUT2D eigenvalue weighted by molar-refractivity contribution is -0.128. The standard InChI is InChI=1S/C16H19ClN4O2/c1-3-21-9-10(7-14(21)22)16(23)18-8-12-15-11(17)5-4-6-13(15)20(2)19-12/h4-6,10H,3,7-9H2,1-2H3,(H,18,23)/t10-/m0/s1. The Morgan fingerprint density at radius 3 is 2.96 bits per heavy atom. The Hall–Kier alpha value is -2.08. The van der Waals surface area contributed by atoms with Crippen molar-refractivity contribution in [2.75, 3.05) is 13.1 Å². The summed E-state index contributed by atoms with van der Waals surface area (Å²) < 4.78 is 1.75. The molecule has 6 nitrogen and oxygen atoms in total. The number of aryl methyl sites for hydroxylation is 1. The minimum absolute atomic E-state index is 0.0407. The van der Waals surface area contributed by atoms with Gasteiger partial charge in [0.15, 0.2) is 0 Å². The molecule has 3 rings (SSSR count). The van der Waals surface area contributed by atoms with Crippen molar-refractivity contribution < 1.29 is 9.59 Å². The molecular weight excluding hydrogens is 316 g/mol. The van der Waals surface area contributed by atoms with Gasteiger partial charge in [-0.1, -0.05) is 17.7 Å². The number of halogens is 1. The lowest BCUT2D eigenvalue weighted by Crippen LogP contribution is -2.32. The third kappa shape index (κ3) is 2.91. The molecule has 0 saturated carbocycles. The zero-order valence-corrected chi connectivity index (χ0v) is 13.9. The molecule has 0 radical (unpaired) electrons. The van der Waals surface area contributed by atoms with Crippen molar-refractivity contribution in [3.05, 3.63) is 28.9 Å². The lowest BCUT2D eigenvalue weighted by atomic mass is 10.1. The van der Waals surface area contributed by atoms with E-state index in [1.165, 1.54) is 0 Å². The second kappa shape index (κ2) is 6.20. The molecular formula is C16H19ClN4O2. The Morgan fingerprint density at radius 1 is 1.48 bits per heavy atom. The van der Waals surface area contributed by atoms with E-state index in [1.54, 1.807) is 9.58 Å². The second-order valence-electron chi connectivity index (χ2n) is 5.76. The van der Waals surface area contributed by atoms with Crippen molar-refractivity contribution in [2.45, 2.75) is 19.9 Å². The molecule has 0 spiro atoms. The summed E-state index contributed by atoms with van der Waals surface area (Å²) in [5.41, 5.74) is 1.66. The van der Waals surface area contributed by atoms with Gasteiger partial charge in [0.1, 0.15) is 0 Å². The monoisotopic (exact) mass is 334 g/mol. The van der Waals surface area contributed by atoms with Gasteiger partial charge < -0.3 is 10.2 Å². The predicted molar refractivity (Wildman–Crippen MR) is 87.9 cm³/mol. The van der Waals surface area contributed by atoms with Crippen LogP contribution in [0.25, 0.3) is 10.9 Å². The highest BCUT2D eigenvalue weighted by molar-refractivity contribution is 6.35. The fraction of sp³-hybridized carbons (Fsp3) is 0.438. The molecule has 1 aromatic heterocycles. The molecule has 1 saturated heterocycles. The number of amides is 2. The summed E-state index contributed by atoms with van der Waals surface area (Å²) >= 11 is 6.26. The molecule has 0 bridgehead atoms. The molecule has 1 N–H and O–H groups in total. The van der Waals surface area contributed by atoms with Crippen molar-refractivity contribution in [3.63, 3.8) is 0 Å². The van der Waals surface area contributed by atoms with Crippen LogP contribution in [0.3, 0.4) is 0 Å². The van der Waals surface area contributed by atoms with Gasteiger partial charge in [-0.05, 0) is 19.1 Å². The molecule has 1 aliphatic heterocycles. The van der Waals surface area contributed by atoms with Crippen molar-refractivity contribution in [1.82, 2.24) is 20.0 Å². The van der Waals surface area contributed by atoms with Crippen molar-refractivity contribution >= 4 is 34.3 Å². The molecule has 0 unspecified atom stereocenters. The van der Waals surface area contributed by atoms with E-state index in [-0.39, 0.29) is 24.2 Å². The number of likely N-dealkylation sites (tertiary alicyclic amines) is 1. The lowest BCUT2D eigenvalue weighted by Gasteiger charge is -2.13. The molecule has 0 aliphatic carbocycles. The number of aromatic nitrogens is 2. The third-order valence-electron chi connectivity index (χ3n) is 4.30. The van der Waals surface area contributed by atoms with Gasteiger partial charge in [-0.3, -0.25) is 14.3 Å². The topological polar surface area (TPSA) is 67.2 Å². The summed E-state index contributed by atoms with van der Waals surface area (Å²) in [5, 5.41) is 8.80. The van der Waals surface area contributed by atoms with E-state index in [9.17, 15) is 9.59 Å². The van der Waals surface area contributed by atoms with E-state index >= 15 is 0 Å². The van der Waals surface area contributed by atoms with Gasteiger partial charge in [0.25, 0.3) is 0 Å². The SMILES string of the molecule is CCN1C[C@@H](C(=O)NCc2nn(C)c3cccc(Cl)c23)CC1=O. The van der Waals surface area contributed by atoms with Gasteiger partial charge in [-0.15, -0.1) is 0 Å². The first kappa shape index (κ1) is 15.8. The molecule has 1 fully saturated rings. The van der Waals surface area contributed by atoms with Crippen molar-refractivity contribution in [2.24, 2.45) is 13.0 Å². The zero-order valence-electron chi connectivity index (χ0n) is 13.2. The van der Waals surface area contributed by atoms with E-state index in [2.05, 4.69) is 10.4 Å². The number of hydrogen-bond acceptors (Lipinski definition) is 3. The minimum Gasteiger partial charge on any atom is -0.350 e. The molecule has 7 heteroatoms. The Balaban J connectivity index is 1.72. The highest BCUT2D eigenvalue weighted by atomic mass is 35.5. The Morgan fingerprint density at radius 2 is 2.26 bits per heavy atom. The van der Waals surface area contributed by atoms with Crippen LogP contribution in [0.15, 0.2) is 18.2 Å². The van der Waals surface area contributed by atoms with Crippen LogP contribution in [0, 0.1) is 5.92 Å². The number of nitrogens with one attached hydrogen (secondary N) is 1. The molecule has 2 heterocycles. The molecule has 1 atom stereocenters. The number of nitrogens with zero attached hydrogens (tertiary/aromatic N) is 3. The highest BCUT2D eigenvalue weighted by Crippen LogP contribution is 2.26. The first-order valence-electron chi connectivity index (χ1n) is 7.66. The van der Waals surface area contributed by atoms with Gasteiger partial charge in [0.05, 0.1) is 28.7 Å². The van der Waals surface area contributed by atoms with Crippen LogP contribution >= 0.6 is 11.6 Å². The summed E-state index contributed by atoms with van der Waals surface area (Å²) in [7, 11) is 1.85. The largest absolute Gasteiger partial charge is 0.350 e. The highest BCUT2D eigenvalue weighted by Gasteiger charge is 2.33. The Labute approximate surface area is 139 Å². The van der Waals surface area contributed by atoms with Crippen LogP contribution < -0.4 is 5.32 Å². The minimum atomic E-state index is -0.284. The normalized spacial score (nSPS) is 18.0. The van der Waals surface area contributed by atoms with E-state index in [0.717, 1.165) is 16.6 Å². The van der Waals surface area contributed by atoms with Crippen LogP contribution in [0.1, 0.15) is 19.0 Å². The van der Waals surface area contributed by atoms with Gasteiger partial charge in [-0.25, -0.2) is 0 Å². The maximum absolute atomic E-state index is 12.3. The number of carbonyl (C=O) groups is 2. The van der Waals surface area contributed by atoms with Crippen molar-refractivity contribution in [1.29, 1.82) is 0 Å². The first-order valence-corrected chi connectivity index (χ1v) is 8.04. The van der Waals surface area contributed by atoms with Gasteiger partial charge in [0.2, 0.25) is 11.8 Å². The molecule has 2 aromatic rings. The summed E-state index contributed by atoms with van der Waals surface area (Å²) in [4.78, 5) is 25.7. The Kier molecular flexibility index (Phi) is 4.26. The second-order valence-corrected chi connectivity index (χ2v) is 6.16. The van der Waals surface area contributed by atoms with Crippen molar-refractivity contribution in [3.8, 4) is 0 Å². The summed E-state index contributed by atoms with van der Waals surface area (Å²) in [5.74, 6) is -0.355. The average molecular weight is 335 g/mol. The Bertz CT molecular complexity index is 771. The fourth-order valence-corrected chi connectivity index (χ4v) is 3.32. The first-order chi connectivity index (χ1) is 11.0. The molecule has 1 aromatic carbocycles. The van der Waals surface area contributed by atoms with Gasteiger partial charge in [0, 0.05) is 31.9 Å². The molecule has 122 valence electrons.